The van der Waals surface area contributed by atoms with E-state index in [4.69, 9.17) is 4.74 Å². The zero-order chi connectivity index (χ0) is 19.1. The van der Waals surface area contributed by atoms with Gasteiger partial charge in [-0.3, -0.25) is 0 Å². The van der Waals surface area contributed by atoms with E-state index in [-0.39, 0.29) is 16.7 Å². The SMILES string of the molecule is COc1cc2ncnc(-c3ccc(C(=O)O)c(C(C)(C)C)c3)c2cc1F. The smallest absolute Gasteiger partial charge is 0.335 e. The van der Waals surface area contributed by atoms with Crippen LogP contribution in [0.5, 0.6) is 5.75 Å². The number of methoxy groups -OCH3 is 1. The second-order valence-electron chi connectivity index (χ2n) is 7.04. The molecule has 0 aliphatic heterocycles. The number of carboxylic acids is 1. The van der Waals surface area contributed by atoms with Crippen LogP contribution in [0.2, 0.25) is 0 Å². The summed E-state index contributed by atoms with van der Waals surface area (Å²) in [6, 6.07) is 7.90. The quantitative estimate of drug-likeness (QED) is 0.753. The van der Waals surface area contributed by atoms with E-state index in [0.29, 0.717) is 27.7 Å². The van der Waals surface area contributed by atoms with Gasteiger partial charge in [0.2, 0.25) is 0 Å². The van der Waals surface area contributed by atoms with Crippen LogP contribution in [0.1, 0.15) is 36.7 Å². The molecule has 3 aromatic rings. The van der Waals surface area contributed by atoms with E-state index in [1.54, 1.807) is 18.2 Å². The number of hydrogen-bond acceptors (Lipinski definition) is 4. The Bertz CT molecular complexity index is 1010. The van der Waals surface area contributed by atoms with Crippen molar-refractivity contribution in [2.24, 2.45) is 0 Å². The summed E-state index contributed by atoms with van der Waals surface area (Å²) in [4.78, 5) is 20.0. The summed E-state index contributed by atoms with van der Waals surface area (Å²) in [5.41, 5.74) is 2.35. The van der Waals surface area contributed by atoms with Gasteiger partial charge >= 0.3 is 5.97 Å². The van der Waals surface area contributed by atoms with Crippen LogP contribution in [0.15, 0.2) is 36.7 Å². The number of rotatable bonds is 3. The van der Waals surface area contributed by atoms with Crippen LogP contribution in [0.4, 0.5) is 4.39 Å². The van der Waals surface area contributed by atoms with Crippen molar-refractivity contribution in [3.05, 3.63) is 53.6 Å². The van der Waals surface area contributed by atoms with Crippen molar-refractivity contribution in [3.63, 3.8) is 0 Å². The van der Waals surface area contributed by atoms with Crippen molar-refractivity contribution < 1.29 is 19.0 Å². The normalized spacial score (nSPS) is 11.6. The zero-order valence-corrected chi connectivity index (χ0v) is 15.0. The number of carboxylic acid groups (broad SMARTS) is 1. The molecule has 0 aliphatic rings. The Kier molecular flexibility index (Phi) is 4.36. The minimum atomic E-state index is -0.982. The Hall–Kier alpha value is -3.02. The van der Waals surface area contributed by atoms with E-state index in [1.165, 1.54) is 25.6 Å². The van der Waals surface area contributed by atoms with Crippen LogP contribution in [0, 0.1) is 5.82 Å². The average molecular weight is 354 g/mol. The number of aromatic carboxylic acids is 1. The van der Waals surface area contributed by atoms with Gasteiger partial charge < -0.3 is 9.84 Å². The van der Waals surface area contributed by atoms with Gasteiger partial charge in [0.1, 0.15) is 6.33 Å². The van der Waals surface area contributed by atoms with Crippen molar-refractivity contribution in [3.8, 4) is 17.0 Å². The van der Waals surface area contributed by atoms with E-state index in [0.717, 1.165) is 0 Å². The van der Waals surface area contributed by atoms with Crippen molar-refractivity contribution in [2.75, 3.05) is 7.11 Å². The Balaban J connectivity index is 2.27. The second-order valence-corrected chi connectivity index (χ2v) is 7.04. The van der Waals surface area contributed by atoms with Crippen LogP contribution in [0.3, 0.4) is 0 Å². The third-order valence-electron chi connectivity index (χ3n) is 4.24. The topological polar surface area (TPSA) is 72.3 Å². The fourth-order valence-electron chi connectivity index (χ4n) is 2.94. The first kappa shape index (κ1) is 17.8. The zero-order valence-electron chi connectivity index (χ0n) is 15.0. The Morgan fingerprint density at radius 2 is 1.88 bits per heavy atom. The first-order chi connectivity index (χ1) is 12.2. The highest BCUT2D eigenvalue weighted by Gasteiger charge is 2.23. The fourth-order valence-corrected chi connectivity index (χ4v) is 2.94. The molecule has 0 spiro atoms. The molecule has 1 heterocycles. The lowest BCUT2D eigenvalue weighted by molar-refractivity contribution is 0.0694. The van der Waals surface area contributed by atoms with Gasteiger partial charge in [-0.1, -0.05) is 26.8 Å². The number of halogens is 1. The molecule has 3 rings (SSSR count). The van der Waals surface area contributed by atoms with Gasteiger partial charge in [-0.25, -0.2) is 19.2 Å². The van der Waals surface area contributed by atoms with Gasteiger partial charge in [0, 0.05) is 17.0 Å². The number of fused-ring (bicyclic) bond motifs is 1. The van der Waals surface area contributed by atoms with Gasteiger partial charge in [0.05, 0.1) is 23.9 Å². The summed E-state index contributed by atoms with van der Waals surface area (Å²) in [5.74, 6) is -1.38. The first-order valence-corrected chi connectivity index (χ1v) is 8.09. The molecule has 0 bridgehead atoms. The minimum Gasteiger partial charge on any atom is -0.494 e. The number of benzene rings is 2. The maximum Gasteiger partial charge on any atom is 0.335 e. The summed E-state index contributed by atoms with van der Waals surface area (Å²) in [6.45, 7) is 5.84. The number of aromatic nitrogens is 2. The molecule has 1 aromatic heterocycles. The van der Waals surface area contributed by atoms with Crippen molar-refractivity contribution in [1.82, 2.24) is 9.97 Å². The minimum absolute atomic E-state index is 0.110. The number of ether oxygens (including phenoxy) is 1. The summed E-state index contributed by atoms with van der Waals surface area (Å²) in [7, 11) is 1.40. The highest BCUT2D eigenvalue weighted by molar-refractivity contribution is 5.95. The molecule has 134 valence electrons. The van der Waals surface area contributed by atoms with Crippen LogP contribution >= 0.6 is 0 Å². The van der Waals surface area contributed by atoms with Gasteiger partial charge in [-0.15, -0.1) is 0 Å². The van der Waals surface area contributed by atoms with Crippen LogP contribution in [-0.4, -0.2) is 28.2 Å². The van der Waals surface area contributed by atoms with Gasteiger partial charge in [-0.05, 0) is 29.2 Å². The van der Waals surface area contributed by atoms with Crippen molar-refractivity contribution in [1.29, 1.82) is 0 Å². The Morgan fingerprint density at radius 1 is 1.15 bits per heavy atom. The molecule has 0 atom stereocenters. The largest absolute Gasteiger partial charge is 0.494 e. The molecule has 0 fully saturated rings. The molecule has 0 radical (unpaired) electrons. The Morgan fingerprint density at radius 3 is 2.50 bits per heavy atom. The molecule has 6 heteroatoms. The first-order valence-electron chi connectivity index (χ1n) is 8.09. The van der Waals surface area contributed by atoms with Gasteiger partial charge in [0.15, 0.2) is 11.6 Å². The standard InChI is InChI=1S/C20H19FN2O3/c1-20(2,3)14-7-11(5-6-12(14)19(24)25)18-13-8-15(21)17(26-4)9-16(13)22-10-23-18/h5-10H,1-4H3,(H,24,25). The maximum absolute atomic E-state index is 14.2. The number of hydrogen-bond donors (Lipinski definition) is 1. The highest BCUT2D eigenvalue weighted by atomic mass is 19.1. The van der Waals surface area contributed by atoms with Gasteiger partial charge in [0.25, 0.3) is 0 Å². The second kappa shape index (κ2) is 6.37. The van der Waals surface area contributed by atoms with E-state index in [9.17, 15) is 14.3 Å². The summed E-state index contributed by atoms with van der Waals surface area (Å²) in [6.07, 6.45) is 1.40. The third kappa shape index (κ3) is 3.10. The summed E-state index contributed by atoms with van der Waals surface area (Å²) >= 11 is 0. The molecule has 0 saturated carbocycles. The maximum atomic E-state index is 14.2. The molecule has 0 saturated heterocycles. The molecule has 0 amide bonds. The van der Waals surface area contributed by atoms with E-state index in [2.05, 4.69) is 9.97 Å². The molecule has 0 aliphatic carbocycles. The highest BCUT2D eigenvalue weighted by Crippen LogP contribution is 2.34. The fraction of sp³-hybridized carbons (Fsp3) is 0.250. The summed E-state index contributed by atoms with van der Waals surface area (Å²) < 4.78 is 19.2. The number of carbonyl (C=O) groups is 1. The predicted octanol–water partition coefficient (Wildman–Crippen LogP) is 4.44. The van der Waals surface area contributed by atoms with Gasteiger partial charge in [-0.2, -0.15) is 0 Å². The molecule has 5 nitrogen and oxygen atoms in total. The van der Waals surface area contributed by atoms with Crippen LogP contribution in [0.25, 0.3) is 22.2 Å². The molecule has 1 N–H and O–H groups in total. The number of nitrogens with zero attached hydrogens (tertiary/aromatic N) is 2. The van der Waals surface area contributed by atoms with E-state index >= 15 is 0 Å². The van der Waals surface area contributed by atoms with E-state index < -0.39 is 11.8 Å². The van der Waals surface area contributed by atoms with Crippen molar-refractivity contribution >= 4 is 16.9 Å². The van der Waals surface area contributed by atoms with Crippen LogP contribution < -0.4 is 4.74 Å². The molecular weight excluding hydrogens is 335 g/mol. The lowest BCUT2D eigenvalue weighted by atomic mass is 9.82. The molecule has 26 heavy (non-hydrogen) atoms. The lowest BCUT2D eigenvalue weighted by Gasteiger charge is -2.22. The molecule has 2 aromatic carbocycles. The predicted molar refractivity (Wildman–Crippen MR) is 97.1 cm³/mol. The molecule has 0 unspecified atom stereocenters. The Labute approximate surface area is 150 Å². The molecular formula is C20H19FN2O3. The third-order valence-corrected chi connectivity index (χ3v) is 4.24. The van der Waals surface area contributed by atoms with Crippen LogP contribution in [-0.2, 0) is 5.41 Å². The lowest BCUT2D eigenvalue weighted by Crippen LogP contribution is -2.17. The van der Waals surface area contributed by atoms with Crippen molar-refractivity contribution in [2.45, 2.75) is 26.2 Å². The van der Waals surface area contributed by atoms with E-state index in [1.807, 2.05) is 20.8 Å². The summed E-state index contributed by atoms with van der Waals surface area (Å²) in [5, 5.41) is 10.0. The monoisotopic (exact) mass is 354 g/mol. The average Bonchev–Trinajstić information content (AvgIpc) is 2.59.